The highest BCUT2D eigenvalue weighted by atomic mass is 16.4. The van der Waals surface area contributed by atoms with Crippen LogP contribution in [0.2, 0.25) is 0 Å². The van der Waals surface area contributed by atoms with Crippen LogP contribution >= 0.6 is 0 Å². The predicted octanol–water partition coefficient (Wildman–Crippen LogP) is -0.396. The first-order valence-corrected chi connectivity index (χ1v) is 13.8. The fourth-order valence-electron chi connectivity index (χ4n) is 4.85. The number of aromatic hydroxyl groups is 1. The van der Waals surface area contributed by atoms with E-state index >= 15 is 0 Å². The van der Waals surface area contributed by atoms with Crippen molar-refractivity contribution in [2.75, 3.05) is 13.1 Å². The molecule has 0 saturated carbocycles. The largest absolute Gasteiger partial charge is 0.508 e. The predicted molar refractivity (Wildman–Crippen MR) is 156 cm³/mol. The van der Waals surface area contributed by atoms with Gasteiger partial charge in [-0.2, -0.15) is 0 Å². The first kappa shape index (κ1) is 31.9. The molecule has 10 N–H and O–H groups in total. The Bertz CT molecular complexity index is 1250. The summed E-state index contributed by atoms with van der Waals surface area (Å²) in [6.45, 7) is 0.540. The minimum Gasteiger partial charge on any atom is -0.508 e. The minimum absolute atomic E-state index is 0.0202. The Morgan fingerprint density at radius 1 is 0.952 bits per heavy atom. The fraction of sp³-hybridized carbons (Fsp3) is 0.414. The number of carbonyl (C=O) groups is 4. The van der Waals surface area contributed by atoms with Gasteiger partial charge in [-0.3, -0.25) is 19.4 Å². The van der Waals surface area contributed by atoms with Crippen molar-refractivity contribution in [3.05, 3.63) is 65.7 Å². The molecule has 226 valence electrons. The lowest BCUT2D eigenvalue weighted by Crippen LogP contribution is -2.57. The van der Waals surface area contributed by atoms with E-state index in [0.717, 1.165) is 5.56 Å². The van der Waals surface area contributed by atoms with Crippen molar-refractivity contribution in [3.63, 3.8) is 0 Å². The molecule has 3 rings (SSSR count). The summed E-state index contributed by atoms with van der Waals surface area (Å²) in [5.41, 5.74) is 18.3. The Morgan fingerprint density at radius 3 is 2.26 bits per heavy atom. The molecule has 2 aromatic rings. The molecule has 4 atom stereocenters. The van der Waals surface area contributed by atoms with E-state index in [1.807, 2.05) is 30.3 Å². The van der Waals surface area contributed by atoms with Crippen molar-refractivity contribution in [2.45, 2.75) is 62.7 Å². The molecule has 13 heteroatoms. The smallest absolute Gasteiger partial charge is 0.326 e. The summed E-state index contributed by atoms with van der Waals surface area (Å²) in [6, 6.07) is 11.3. The topological polar surface area (TPSA) is 226 Å². The van der Waals surface area contributed by atoms with Crippen molar-refractivity contribution in [1.29, 1.82) is 0 Å². The first-order chi connectivity index (χ1) is 20.0. The highest BCUT2D eigenvalue weighted by Gasteiger charge is 2.38. The van der Waals surface area contributed by atoms with E-state index in [1.165, 1.54) is 17.0 Å². The number of nitrogens with zero attached hydrogens (tertiary/aromatic N) is 2. The first-order valence-electron chi connectivity index (χ1n) is 13.8. The number of rotatable bonds is 14. The van der Waals surface area contributed by atoms with Crippen molar-refractivity contribution < 1.29 is 29.4 Å². The number of likely N-dealkylation sites (tertiary alicyclic amines) is 1. The molecular weight excluding hydrogens is 542 g/mol. The van der Waals surface area contributed by atoms with Crippen LogP contribution in [0.1, 0.15) is 36.8 Å². The monoisotopic (exact) mass is 581 g/mol. The van der Waals surface area contributed by atoms with E-state index in [0.29, 0.717) is 37.8 Å². The maximum Gasteiger partial charge on any atom is 0.326 e. The molecule has 42 heavy (non-hydrogen) atoms. The summed E-state index contributed by atoms with van der Waals surface area (Å²) in [6.07, 6.45) is 1.68. The van der Waals surface area contributed by atoms with Gasteiger partial charge in [-0.1, -0.05) is 42.5 Å². The average molecular weight is 582 g/mol. The number of phenolic OH excluding ortho intramolecular Hbond substituents is 1. The van der Waals surface area contributed by atoms with Crippen molar-refractivity contribution in [1.82, 2.24) is 15.5 Å². The Kier molecular flexibility index (Phi) is 11.7. The van der Waals surface area contributed by atoms with Gasteiger partial charge in [-0.25, -0.2) is 4.79 Å². The van der Waals surface area contributed by atoms with Gasteiger partial charge >= 0.3 is 5.97 Å². The number of phenols is 1. The minimum atomic E-state index is -1.25. The third-order valence-corrected chi connectivity index (χ3v) is 7.02. The second-order valence-electron chi connectivity index (χ2n) is 10.3. The second kappa shape index (κ2) is 15.4. The number of guanidine groups is 1. The van der Waals surface area contributed by atoms with Crippen LogP contribution in [0.25, 0.3) is 0 Å². The number of carboxylic acids is 1. The third kappa shape index (κ3) is 9.47. The van der Waals surface area contributed by atoms with Crippen LogP contribution in [0.4, 0.5) is 0 Å². The summed E-state index contributed by atoms with van der Waals surface area (Å²) in [4.78, 5) is 57.2. The van der Waals surface area contributed by atoms with E-state index in [4.69, 9.17) is 17.2 Å². The molecule has 1 saturated heterocycles. The highest BCUT2D eigenvalue weighted by Crippen LogP contribution is 2.20. The number of nitrogens with two attached hydrogens (primary N) is 3. The number of aliphatic carboxylic acids is 1. The molecule has 3 amide bonds. The van der Waals surface area contributed by atoms with Gasteiger partial charge < -0.3 is 42.9 Å². The Hall–Kier alpha value is -4.65. The summed E-state index contributed by atoms with van der Waals surface area (Å²) in [5.74, 6) is -2.94. The van der Waals surface area contributed by atoms with Gasteiger partial charge in [0, 0.05) is 19.5 Å². The third-order valence-electron chi connectivity index (χ3n) is 7.02. The molecule has 4 unspecified atom stereocenters. The molecule has 1 aliphatic heterocycles. The van der Waals surface area contributed by atoms with E-state index in [-0.39, 0.29) is 37.0 Å². The zero-order valence-electron chi connectivity index (χ0n) is 23.3. The Labute approximate surface area is 244 Å². The average Bonchev–Trinajstić information content (AvgIpc) is 3.45. The summed E-state index contributed by atoms with van der Waals surface area (Å²) >= 11 is 0. The number of aliphatic imine (C=N–C) groups is 1. The summed E-state index contributed by atoms with van der Waals surface area (Å²) in [5, 5.41) is 24.5. The van der Waals surface area contributed by atoms with Gasteiger partial charge in [0.1, 0.15) is 23.9 Å². The van der Waals surface area contributed by atoms with E-state index in [2.05, 4.69) is 15.6 Å². The van der Waals surface area contributed by atoms with E-state index in [9.17, 15) is 29.4 Å². The van der Waals surface area contributed by atoms with Gasteiger partial charge in [0.2, 0.25) is 17.7 Å². The van der Waals surface area contributed by atoms with Crippen LogP contribution in [0.15, 0.2) is 59.6 Å². The van der Waals surface area contributed by atoms with Crippen molar-refractivity contribution in [2.24, 2.45) is 22.2 Å². The summed E-state index contributed by atoms with van der Waals surface area (Å²) < 4.78 is 0. The standard InChI is InChI=1S/C29H39N7O6/c30-21(16-18-6-2-1-3-7-18)27(40)36-15-5-9-24(36)26(39)35-23(17-19-10-12-20(37)13-11-19)25(38)34-22(28(41)42)8-4-14-33-29(31)32/h1-3,6-7,10-13,21-24,37H,4-5,8-9,14-17,30H2,(H,34,38)(H,35,39)(H,41,42)(H4,31,32,33). The van der Waals surface area contributed by atoms with Crippen LogP contribution < -0.4 is 27.8 Å². The zero-order valence-corrected chi connectivity index (χ0v) is 23.3. The molecule has 13 nitrogen and oxygen atoms in total. The number of carboxylic acid groups (broad SMARTS) is 1. The van der Waals surface area contributed by atoms with Gasteiger partial charge in [-0.15, -0.1) is 0 Å². The fourth-order valence-corrected chi connectivity index (χ4v) is 4.85. The van der Waals surface area contributed by atoms with Crippen molar-refractivity contribution in [3.8, 4) is 5.75 Å². The molecule has 1 aliphatic rings. The van der Waals surface area contributed by atoms with Crippen LogP contribution in [0.3, 0.4) is 0 Å². The molecule has 0 aliphatic carbocycles. The molecule has 1 heterocycles. The van der Waals surface area contributed by atoms with Gasteiger partial charge in [0.25, 0.3) is 0 Å². The quantitative estimate of drug-likeness (QED) is 0.0874. The zero-order chi connectivity index (χ0) is 30.6. The molecule has 0 bridgehead atoms. The lowest BCUT2D eigenvalue weighted by atomic mass is 10.0. The number of hydrogen-bond donors (Lipinski definition) is 7. The van der Waals surface area contributed by atoms with Crippen LogP contribution in [0.5, 0.6) is 5.75 Å². The van der Waals surface area contributed by atoms with Crippen LogP contribution in [0, 0.1) is 0 Å². The van der Waals surface area contributed by atoms with E-state index in [1.54, 1.807) is 12.1 Å². The lowest BCUT2D eigenvalue weighted by molar-refractivity contribution is -0.143. The summed E-state index contributed by atoms with van der Waals surface area (Å²) in [7, 11) is 0. The molecular formula is C29H39N7O6. The normalized spacial score (nSPS) is 16.6. The van der Waals surface area contributed by atoms with E-state index < -0.39 is 42.0 Å². The van der Waals surface area contributed by atoms with Crippen LogP contribution in [-0.2, 0) is 32.0 Å². The number of nitrogens with one attached hydrogen (secondary N) is 2. The molecule has 1 fully saturated rings. The number of benzene rings is 2. The molecule has 0 spiro atoms. The van der Waals surface area contributed by atoms with Gasteiger partial charge in [0.05, 0.1) is 6.04 Å². The molecule has 0 aromatic heterocycles. The Morgan fingerprint density at radius 2 is 1.62 bits per heavy atom. The molecule has 2 aromatic carbocycles. The lowest BCUT2D eigenvalue weighted by Gasteiger charge is -2.29. The SMILES string of the molecule is NC(N)=NCCCC(NC(=O)C(Cc1ccc(O)cc1)NC(=O)C1CCCN1C(=O)C(N)Cc1ccccc1)C(=O)O. The molecule has 0 radical (unpaired) electrons. The van der Waals surface area contributed by atoms with Crippen molar-refractivity contribution >= 4 is 29.7 Å². The maximum atomic E-state index is 13.5. The number of amides is 3. The second-order valence-corrected chi connectivity index (χ2v) is 10.3. The van der Waals surface area contributed by atoms with Crippen LogP contribution in [-0.4, -0.2) is 82.0 Å². The number of hydrogen-bond acceptors (Lipinski definition) is 7. The maximum absolute atomic E-state index is 13.5. The van der Waals surface area contributed by atoms with Gasteiger partial charge in [-0.05, 0) is 55.4 Å². The Balaban J connectivity index is 1.72. The highest BCUT2D eigenvalue weighted by molar-refractivity contribution is 5.94. The van der Waals surface area contributed by atoms with Gasteiger partial charge in [0.15, 0.2) is 5.96 Å². The number of carbonyl (C=O) groups excluding carboxylic acids is 3.